The summed E-state index contributed by atoms with van der Waals surface area (Å²) in [7, 11) is 0. The molecule has 0 aromatic heterocycles. The highest BCUT2D eigenvalue weighted by Gasteiger charge is 2.14. The summed E-state index contributed by atoms with van der Waals surface area (Å²) in [6.45, 7) is 4.25. The number of hydrogen-bond acceptors (Lipinski definition) is 2. The SMILES string of the molecule is CCC(C)c1ccc(C(=O)c2ccc(N)cc2F)cc1. The lowest BCUT2D eigenvalue weighted by atomic mass is 9.95. The van der Waals surface area contributed by atoms with Gasteiger partial charge in [-0.25, -0.2) is 4.39 Å². The number of nitrogens with two attached hydrogens (primary N) is 1. The van der Waals surface area contributed by atoms with Gasteiger partial charge >= 0.3 is 0 Å². The predicted molar refractivity (Wildman–Crippen MR) is 79.4 cm³/mol. The second-order valence-corrected chi connectivity index (χ2v) is 5.00. The Kier molecular flexibility index (Phi) is 4.18. The van der Waals surface area contributed by atoms with Crippen LogP contribution in [0.2, 0.25) is 0 Å². The van der Waals surface area contributed by atoms with Crippen LogP contribution in [-0.4, -0.2) is 5.78 Å². The van der Waals surface area contributed by atoms with E-state index in [1.54, 1.807) is 12.1 Å². The van der Waals surface area contributed by atoms with Gasteiger partial charge in [0.25, 0.3) is 0 Å². The third kappa shape index (κ3) is 2.87. The second kappa shape index (κ2) is 5.87. The van der Waals surface area contributed by atoms with E-state index in [1.165, 1.54) is 23.8 Å². The first-order chi connectivity index (χ1) is 9.52. The number of rotatable bonds is 4. The van der Waals surface area contributed by atoms with Crippen LogP contribution in [0.4, 0.5) is 10.1 Å². The van der Waals surface area contributed by atoms with Crippen LogP contribution < -0.4 is 5.73 Å². The molecule has 0 heterocycles. The van der Waals surface area contributed by atoms with Crippen LogP contribution in [-0.2, 0) is 0 Å². The van der Waals surface area contributed by atoms with Crippen molar-refractivity contribution in [3.05, 3.63) is 65.0 Å². The number of anilines is 1. The van der Waals surface area contributed by atoms with Gasteiger partial charge in [-0.15, -0.1) is 0 Å². The van der Waals surface area contributed by atoms with Crippen LogP contribution in [0.3, 0.4) is 0 Å². The van der Waals surface area contributed by atoms with Gasteiger partial charge in [0.1, 0.15) is 5.82 Å². The second-order valence-electron chi connectivity index (χ2n) is 5.00. The van der Waals surface area contributed by atoms with Crippen LogP contribution in [0.5, 0.6) is 0 Å². The number of carbonyl (C=O) groups excluding carboxylic acids is 1. The topological polar surface area (TPSA) is 43.1 Å². The van der Waals surface area contributed by atoms with Gasteiger partial charge in [0, 0.05) is 11.3 Å². The summed E-state index contributed by atoms with van der Waals surface area (Å²) < 4.78 is 13.7. The van der Waals surface area contributed by atoms with Crippen LogP contribution in [0, 0.1) is 5.82 Å². The Morgan fingerprint density at radius 1 is 1.20 bits per heavy atom. The average Bonchev–Trinajstić information content (AvgIpc) is 2.46. The largest absolute Gasteiger partial charge is 0.399 e. The molecule has 2 nitrogen and oxygen atoms in total. The Hall–Kier alpha value is -2.16. The maximum atomic E-state index is 13.7. The summed E-state index contributed by atoms with van der Waals surface area (Å²) in [5, 5.41) is 0. The normalized spacial score (nSPS) is 12.2. The molecule has 2 aromatic carbocycles. The minimum absolute atomic E-state index is 0.0514. The molecular weight excluding hydrogens is 253 g/mol. The first-order valence-corrected chi connectivity index (χ1v) is 6.72. The first kappa shape index (κ1) is 14.3. The molecule has 0 aliphatic heterocycles. The molecule has 20 heavy (non-hydrogen) atoms. The van der Waals surface area contributed by atoms with Crippen LogP contribution in [0.15, 0.2) is 42.5 Å². The van der Waals surface area contributed by atoms with Gasteiger partial charge in [-0.2, -0.15) is 0 Å². The maximum absolute atomic E-state index is 13.7. The molecule has 0 bridgehead atoms. The van der Waals surface area contributed by atoms with Crippen molar-refractivity contribution >= 4 is 11.5 Å². The van der Waals surface area contributed by atoms with E-state index in [2.05, 4.69) is 13.8 Å². The Morgan fingerprint density at radius 2 is 1.85 bits per heavy atom. The minimum atomic E-state index is -0.582. The third-order valence-corrected chi connectivity index (χ3v) is 3.59. The van der Waals surface area contributed by atoms with Crippen molar-refractivity contribution in [2.45, 2.75) is 26.2 Å². The summed E-state index contributed by atoms with van der Waals surface area (Å²) in [5.74, 6) is -0.452. The molecule has 3 heteroatoms. The van der Waals surface area contributed by atoms with Gasteiger partial charge in [0.2, 0.25) is 0 Å². The lowest BCUT2D eigenvalue weighted by Crippen LogP contribution is -2.05. The van der Waals surface area contributed by atoms with Crippen molar-refractivity contribution in [1.82, 2.24) is 0 Å². The molecule has 1 unspecified atom stereocenters. The highest BCUT2D eigenvalue weighted by molar-refractivity contribution is 6.09. The summed E-state index contributed by atoms with van der Waals surface area (Å²) >= 11 is 0. The van der Waals surface area contributed by atoms with E-state index < -0.39 is 5.82 Å². The standard InChI is InChI=1S/C17H18FNO/c1-3-11(2)12-4-6-13(7-5-12)17(20)15-9-8-14(19)10-16(15)18/h4-11H,3,19H2,1-2H3. The molecule has 2 N–H and O–H groups in total. The highest BCUT2D eigenvalue weighted by Crippen LogP contribution is 2.21. The van der Waals surface area contributed by atoms with Crippen molar-refractivity contribution in [1.29, 1.82) is 0 Å². The smallest absolute Gasteiger partial charge is 0.195 e. The zero-order chi connectivity index (χ0) is 14.7. The van der Waals surface area contributed by atoms with Gasteiger partial charge < -0.3 is 5.73 Å². The van der Waals surface area contributed by atoms with E-state index >= 15 is 0 Å². The van der Waals surface area contributed by atoms with Crippen molar-refractivity contribution < 1.29 is 9.18 Å². The fourth-order valence-corrected chi connectivity index (χ4v) is 2.07. The van der Waals surface area contributed by atoms with Gasteiger partial charge in [-0.05, 0) is 36.1 Å². The molecule has 0 aliphatic carbocycles. The minimum Gasteiger partial charge on any atom is -0.399 e. The molecule has 0 saturated heterocycles. The van der Waals surface area contributed by atoms with E-state index in [0.29, 0.717) is 17.2 Å². The zero-order valence-electron chi connectivity index (χ0n) is 11.7. The Bertz CT molecular complexity index is 619. The van der Waals surface area contributed by atoms with Crippen molar-refractivity contribution in [2.24, 2.45) is 0 Å². The van der Waals surface area contributed by atoms with Gasteiger partial charge in [0.15, 0.2) is 5.78 Å². The lowest BCUT2D eigenvalue weighted by molar-refractivity contribution is 0.103. The van der Waals surface area contributed by atoms with Gasteiger partial charge in [0.05, 0.1) is 5.56 Å². The van der Waals surface area contributed by atoms with E-state index in [4.69, 9.17) is 5.73 Å². The van der Waals surface area contributed by atoms with Gasteiger partial charge in [-0.1, -0.05) is 38.1 Å². The Morgan fingerprint density at radius 3 is 2.40 bits per heavy atom. The van der Waals surface area contributed by atoms with Crippen molar-refractivity contribution in [2.75, 3.05) is 5.73 Å². The monoisotopic (exact) mass is 271 g/mol. The summed E-state index contributed by atoms with van der Waals surface area (Å²) in [6, 6.07) is 11.5. The van der Waals surface area contributed by atoms with E-state index in [-0.39, 0.29) is 11.3 Å². The summed E-state index contributed by atoms with van der Waals surface area (Å²) in [5.41, 5.74) is 7.52. The molecule has 0 fully saturated rings. The van der Waals surface area contributed by atoms with E-state index in [1.807, 2.05) is 12.1 Å². The fourth-order valence-electron chi connectivity index (χ4n) is 2.07. The molecular formula is C17H18FNO. The summed E-state index contributed by atoms with van der Waals surface area (Å²) in [4.78, 5) is 12.2. The molecule has 0 saturated carbocycles. The molecule has 2 rings (SSSR count). The highest BCUT2D eigenvalue weighted by atomic mass is 19.1. The molecule has 1 atom stereocenters. The number of hydrogen-bond donors (Lipinski definition) is 1. The zero-order valence-corrected chi connectivity index (χ0v) is 11.7. The molecule has 0 radical (unpaired) electrons. The fraction of sp³-hybridized carbons (Fsp3) is 0.235. The first-order valence-electron chi connectivity index (χ1n) is 6.72. The quantitative estimate of drug-likeness (QED) is 0.670. The van der Waals surface area contributed by atoms with Crippen LogP contribution in [0.1, 0.15) is 47.7 Å². The molecule has 104 valence electrons. The lowest BCUT2D eigenvalue weighted by Gasteiger charge is -2.09. The predicted octanol–water partition coefficient (Wildman–Crippen LogP) is 4.15. The number of benzene rings is 2. The molecule has 0 spiro atoms. The van der Waals surface area contributed by atoms with Crippen LogP contribution >= 0.6 is 0 Å². The molecule has 2 aromatic rings. The van der Waals surface area contributed by atoms with Gasteiger partial charge in [-0.3, -0.25) is 4.79 Å². The van der Waals surface area contributed by atoms with Crippen molar-refractivity contribution in [3.8, 4) is 0 Å². The van der Waals surface area contributed by atoms with Crippen molar-refractivity contribution in [3.63, 3.8) is 0 Å². The maximum Gasteiger partial charge on any atom is 0.195 e. The Balaban J connectivity index is 2.29. The third-order valence-electron chi connectivity index (χ3n) is 3.59. The molecule has 0 amide bonds. The number of ketones is 1. The van der Waals surface area contributed by atoms with E-state index in [9.17, 15) is 9.18 Å². The summed E-state index contributed by atoms with van der Waals surface area (Å²) in [6.07, 6.45) is 1.04. The Labute approximate surface area is 118 Å². The van der Waals surface area contributed by atoms with E-state index in [0.717, 1.165) is 6.42 Å². The van der Waals surface area contributed by atoms with Crippen LogP contribution in [0.25, 0.3) is 0 Å². The average molecular weight is 271 g/mol. The number of nitrogen functional groups attached to an aromatic ring is 1. The number of halogens is 1. The number of carbonyl (C=O) groups is 1. The molecule has 0 aliphatic rings.